The zero-order valence-corrected chi connectivity index (χ0v) is 17.3. The molecule has 6 nitrogen and oxygen atoms in total. The second kappa shape index (κ2) is 8.09. The number of fused-ring (bicyclic) bond motifs is 4. The highest BCUT2D eigenvalue weighted by Gasteiger charge is 2.25. The lowest BCUT2D eigenvalue weighted by molar-refractivity contribution is 0.0330. The normalized spacial score (nSPS) is 20.3. The summed E-state index contributed by atoms with van der Waals surface area (Å²) < 4.78 is 17.3. The van der Waals surface area contributed by atoms with Gasteiger partial charge in [-0.3, -0.25) is 9.80 Å². The maximum absolute atomic E-state index is 12.5. The summed E-state index contributed by atoms with van der Waals surface area (Å²) >= 11 is 0. The third-order valence-corrected chi connectivity index (χ3v) is 6.61. The molecule has 2 aliphatic heterocycles. The second-order valence-electron chi connectivity index (χ2n) is 8.55. The quantitative estimate of drug-likeness (QED) is 0.739. The maximum Gasteiger partial charge on any atom is 0.339 e. The molecule has 2 aromatic rings. The fourth-order valence-corrected chi connectivity index (χ4v) is 5.04. The summed E-state index contributed by atoms with van der Waals surface area (Å²) in [6, 6.07) is 2.22. The molecule has 0 atom stereocenters. The van der Waals surface area contributed by atoms with E-state index in [0.717, 1.165) is 106 Å². The van der Waals surface area contributed by atoms with Crippen LogP contribution in [0.25, 0.3) is 11.0 Å². The molecule has 0 N–H and O–H groups in total. The molecule has 5 rings (SSSR count). The van der Waals surface area contributed by atoms with Crippen molar-refractivity contribution < 1.29 is 13.9 Å². The Morgan fingerprint density at radius 2 is 1.79 bits per heavy atom. The standard InChI is InChI=1S/C23H30N2O4/c1-16-21-17(13-20-18-5-2-3-6-19(18)23(26)29-22(16)20)14-25(15-28-21)8-4-7-24-9-11-27-12-10-24/h13H,2-12,14-15H2,1H3. The predicted octanol–water partition coefficient (Wildman–Crippen LogP) is 2.85. The van der Waals surface area contributed by atoms with Crippen LogP contribution in [0.3, 0.4) is 0 Å². The van der Waals surface area contributed by atoms with E-state index in [1.165, 1.54) is 11.1 Å². The van der Waals surface area contributed by atoms with E-state index in [9.17, 15) is 4.79 Å². The molecule has 0 spiro atoms. The number of rotatable bonds is 4. The number of benzene rings is 1. The highest BCUT2D eigenvalue weighted by Crippen LogP contribution is 2.37. The molecule has 1 aromatic heterocycles. The first-order valence-corrected chi connectivity index (χ1v) is 11.0. The first kappa shape index (κ1) is 19.1. The largest absolute Gasteiger partial charge is 0.477 e. The minimum atomic E-state index is -0.157. The van der Waals surface area contributed by atoms with Crippen molar-refractivity contribution in [1.29, 1.82) is 0 Å². The van der Waals surface area contributed by atoms with Crippen LogP contribution < -0.4 is 10.4 Å². The Morgan fingerprint density at radius 1 is 1.03 bits per heavy atom. The lowest BCUT2D eigenvalue weighted by atomic mass is 9.89. The van der Waals surface area contributed by atoms with Crippen LogP contribution in [-0.4, -0.2) is 55.9 Å². The van der Waals surface area contributed by atoms with Crippen LogP contribution in [0.5, 0.6) is 5.75 Å². The topological polar surface area (TPSA) is 55.2 Å². The molecule has 0 bridgehead atoms. The Bertz CT molecular complexity index is 962. The zero-order valence-electron chi connectivity index (χ0n) is 17.3. The number of ether oxygens (including phenoxy) is 2. The molecular formula is C23H30N2O4. The summed E-state index contributed by atoms with van der Waals surface area (Å²) in [5, 5.41) is 1.12. The first-order valence-electron chi connectivity index (χ1n) is 11.0. The van der Waals surface area contributed by atoms with Gasteiger partial charge in [0, 0.05) is 48.3 Å². The number of nitrogens with zero attached hydrogens (tertiary/aromatic N) is 2. The lowest BCUT2D eigenvalue weighted by Crippen LogP contribution is -2.39. The van der Waals surface area contributed by atoms with Crippen LogP contribution in [-0.2, 0) is 24.1 Å². The van der Waals surface area contributed by atoms with Gasteiger partial charge >= 0.3 is 5.63 Å². The lowest BCUT2D eigenvalue weighted by Gasteiger charge is -2.32. The van der Waals surface area contributed by atoms with E-state index in [1.807, 2.05) is 6.92 Å². The molecule has 0 amide bonds. The van der Waals surface area contributed by atoms with E-state index in [-0.39, 0.29) is 5.63 Å². The number of hydrogen-bond donors (Lipinski definition) is 0. The van der Waals surface area contributed by atoms with Crippen molar-refractivity contribution in [2.45, 2.75) is 45.6 Å². The van der Waals surface area contributed by atoms with Gasteiger partial charge in [-0.05, 0) is 57.2 Å². The first-order chi connectivity index (χ1) is 14.2. The number of aryl methyl sites for hydroxylation is 2. The van der Waals surface area contributed by atoms with Gasteiger partial charge in [0.25, 0.3) is 0 Å². The Balaban J connectivity index is 1.36. The summed E-state index contributed by atoms with van der Waals surface area (Å²) in [5.74, 6) is 0.904. The molecule has 0 unspecified atom stereocenters. The minimum Gasteiger partial charge on any atom is -0.477 e. The van der Waals surface area contributed by atoms with Crippen molar-refractivity contribution in [3.63, 3.8) is 0 Å². The molecule has 6 heteroatoms. The molecule has 1 aromatic carbocycles. The number of morpholine rings is 1. The van der Waals surface area contributed by atoms with E-state index < -0.39 is 0 Å². The zero-order chi connectivity index (χ0) is 19.8. The average Bonchev–Trinajstić information content (AvgIpc) is 2.76. The van der Waals surface area contributed by atoms with Gasteiger partial charge in [-0.25, -0.2) is 4.79 Å². The fraction of sp³-hybridized carbons (Fsp3) is 0.609. The highest BCUT2D eigenvalue weighted by molar-refractivity contribution is 5.87. The Hall–Kier alpha value is -1.89. The van der Waals surface area contributed by atoms with Crippen molar-refractivity contribution in [1.82, 2.24) is 9.80 Å². The molecule has 3 heterocycles. The van der Waals surface area contributed by atoms with Gasteiger partial charge in [-0.1, -0.05) is 0 Å². The minimum absolute atomic E-state index is 0.157. The van der Waals surface area contributed by atoms with Gasteiger partial charge in [0.2, 0.25) is 0 Å². The molecule has 1 aliphatic carbocycles. The Morgan fingerprint density at radius 3 is 2.62 bits per heavy atom. The summed E-state index contributed by atoms with van der Waals surface area (Å²) in [7, 11) is 0. The van der Waals surface area contributed by atoms with E-state index in [4.69, 9.17) is 13.9 Å². The second-order valence-corrected chi connectivity index (χ2v) is 8.55. The van der Waals surface area contributed by atoms with Crippen molar-refractivity contribution in [3.8, 4) is 5.75 Å². The SMILES string of the molecule is Cc1c2c(cc3c4c(c(=O)oc13)CCCC4)CN(CCCN1CCOCC1)CO2. The van der Waals surface area contributed by atoms with Crippen LogP contribution in [0.1, 0.15) is 41.5 Å². The van der Waals surface area contributed by atoms with Gasteiger partial charge in [-0.2, -0.15) is 0 Å². The smallest absolute Gasteiger partial charge is 0.339 e. The van der Waals surface area contributed by atoms with Crippen molar-refractivity contribution in [2.75, 3.05) is 46.1 Å². The van der Waals surface area contributed by atoms with Crippen LogP contribution in [0.4, 0.5) is 0 Å². The Kier molecular flexibility index (Phi) is 5.33. The van der Waals surface area contributed by atoms with Gasteiger partial charge < -0.3 is 13.9 Å². The van der Waals surface area contributed by atoms with E-state index in [0.29, 0.717) is 6.73 Å². The van der Waals surface area contributed by atoms with Crippen LogP contribution in [0, 0.1) is 6.92 Å². The maximum atomic E-state index is 12.5. The van der Waals surface area contributed by atoms with Crippen molar-refractivity contribution in [2.24, 2.45) is 0 Å². The fourth-order valence-electron chi connectivity index (χ4n) is 5.04. The molecule has 1 saturated heterocycles. The van der Waals surface area contributed by atoms with Gasteiger partial charge in [0.15, 0.2) is 0 Å². The van der Waals surface area contributed by atoms with Crippen molar-refractivity contribution >= 4 is 11.0 Å². The third kappa shape index (κ3) is 3.69. The molecule has 1 fully saturated rings. The molecule has 156 valence electrons. The van der Waals surface area contributed by atoms with Gasteiger partial charge in [0.1, 0.15) is 18.1 Å². The van der Waals surface area contributed by atoms with Gasteiger partial charge in [0.05, 0.1) is 13.2 Å². The summed E-state index contributed by atoms with van der Waals surface area (Å²) in [6.07, 6.45) is 5.17. The average molecular weight is 399 g/mol. The van der Waals surface area contributed by atoms with Crippen LogP contribution in [0.15, 0.2) is 15.3 Å². The summed E-state index contributed by atoms with van der Waals surface area (Å²) in [6.45, 7) is 9.44. The van der Waals surface area contributed by atoms with E-state index in [2.05, 4.69) is 15.9 Å². The van der Waals surface area contributed by atoms with Crippen LogP contribution >= 0.6 is 0 Å². The van der Waals surface area contributed by atoms with Crippen LogP contribution in [0.2, 0.25) is 0 Å². The molecule has 29 heavy (non-hydrogen) atoms. The Labute approximate surface area is 171 Å². The summed E-state index contributed by atoms with van der Waals surface area (Å²) in [4.78, 5) is 17.3. The third-order valence-electron chi connectivity index (χ3n) is 6.61. The van der Waals surface area contributed by atoms with Gasteiger partial charge in [-0.15, -0.1) is 0 Å². The van der Waals surface area contributed by atoms with E-state index >= 15 is 0 Å². The molecule has 0 radical (unpaired) electrons. The molecule has 3 aliphatic rings. The summed E-state index contributed by atoms with van der Waals surface area (Å²) in [5.41, 5.74) is 4.84. The van der Waals surface area contributed by atoms with E-state index in [1.54, 1.807) is 0 Å². The predicted molar refractivity (Wildman–Crippen MR) is 112 cm³/mol. The number of hydrogen-bond acceptors (Lipinski definition) is 6. The molecule has 0 saturated carbocycles. The monoisotopic (exact) mass is 398 g/mol. The molecular weight excluding hydrogens is 368 g/mol. The highest BCUT2D eigenvalue weighted by atomic mass is 16.5. The van der Waals surface area contributed by atoms with Crippen molar-refractivity contribution in [3.05, 3.63) is 38.7 Å².